The number of nitrogens with one attached hydrogen (secondary N) is 1. The first-order chi connectivity index (χ1) is 7.50. The van der Waals surface area contributed by atoms with Gasteiger partial charge < -0.3 is 5.32 Å². The molecule has 86 valence electrons. The lowest BCUT2D eigenvalue weighted by molar-refractivity contribution is 0.230. The van der Waals surface area contributed by atoms with Gasteiger partial charge in [0.05, 0.1) is 0 Å². The minimum atomic E-state index is -0.136. The van der Waals surface area contributed by atoms with Crippen LogP contribution in [0, 0.1) is 0 Å². The molecule has 0 atom stereocenters. The zero-order chi connectivity index (χ0) is 11.8. The number of urea groups is 1. The smallest absolute Gasteiger partial charge is 0.322 e. The van der Waals surface area contributed by atoms with E-state index in [4.69, 9.17) is 0 Å². The number of anilines is 1. The second-order valence-corrected chi connectivity index (χ2v) is 5.53. The number of nitrogens with zero attached hydrogens (tertiary/aromatic N) is 1. The number of benzene rings is 1. The van der Waals surface area contributed by atoms with Crippen LogP contribution in [0.2, 0.25) is 0 Å². The van der Waals surface area contributed by atoms with Crippen molar-refractivity contribution in [1.82, 2.24) is 5.32 Å². The summed E-state index contributed by atoms with van der Waals surface area (Å²) in [7, 11) is 0. The Morgan fingerprint density at radius 1 is 1.44 bits per heavy atom. The van der Waals surface area contributed by atoms with Crippen LogP contribution in [0.3, 0.4) is 0 Å². The number of carbonyl (C=O) groups is 1. The minimum Gasteiger partial charge on any atom is -0.338 e. The Balaban J connectivity index is 2.40. The van der Waals surface area contributed by atoms with Crippen LogP contribution in [0.1, 0.15) is 20.3 Å². The quantitative estimate of drug-likeness (QED) is 0.843. The molecule has 2 rings (SSSR count). The highest BCUT2D eigenvalue weighted by molar-refractivity contribution is 9.10. The molecule has 0 radical (unpaired) electrons. The summed E-state index contributed by atoms with van der Waals surface area (Å²) in [6.45, 7) is 4.93. The largest absolute Gasteiger partial charge is 0.338 e. The highest BCUT2D eigenvalue weighted by atomic mass is 79.9. The van der Waals surface area contributed by atoms with Crippen molar-refractivity contribution in [2.24, 2.45) is 0 Å². The molecule has 1 N–H and O–H groups in total. The highest BCUT2D eigenvalue weighted by Gasteiger charge is 2.35. The predicted molar refractivity (Wildman–Crippen MR) is 68.7 cm³/mol. The standard InChI is InChI=1S/C12H15BrN2O/c1-12(2)6-7-14-11(16)15(12)10-5-3-4-9(13)8-10/h3-5,8H,6-7H2,1-2H3,(H,14,16). The third-order valence-electron chi connectivity index (χ3n) is 2.89. The van der Waals surface area contributed by atoms with Crippen LogP contribution in [-0.4, -0.2) is 18.1 Å². The van der Waals surface area contributed by atoms with Gasteiger partial charge in [0.25, 0.3) is 0 Å². The van der Waals surface area contributed by atoms with E-state index in [-0.39, 0.29) is 11.6 Å². The van der Waals surface area contributed by atoms with Crippen LogP contribution in [0.25, 0.3) is 0 Å². The van der Waals surface area contributed by atoms with Crippen molar-refractivity contribution in [3.05, 3.63) is 28.7 Å². The van der Waals surface area contributed by atoms with E-state index < -0.39 is 0 Å². The number of rotatable bonds is 1. The zero-order valence-corrected chi connectivity index (χ0v) is 11.0. The molecule has 1 aliphatic heterocycles. The molecule has 0 spiro atoms. The van der Waals surface area contributed by atoms with Gasteiger partial charge in [-0.2, -0.15) is 0 Å². The van der Waals surface area contributed by atoms with E-state index in [0.29, 0.717) is 0 Å². The first kappa shape index (κ1) is 11.5. The van der Waals surface area contributed by atoms with Crippen LogP contribution in [0.4, 0.5) is 10.5 Å². The Bertz CT molecular complexity index is 417. The van der Waals surface area contributed by atoms with E-state index in [0.717, 1.165) is 23.1 Å². The fourth-order valence-electron chi connectivity index (χ4n) is 2.02. The number of hydrogen-bond acceptors (Lipinski definition) is 1. The molecule has 1 aromatic rings. The normalized spacial score (nSPS) is 19.4. The summed E-state index contributed by atoms with van der Waals surface area (Å²) in [5.74, 6) is 0. The fraction of sp³-hybridized carbons (Fsp3) is 0.417. The average Bonchev–Trinajstić information content (AvgIpc) is 2.15. The number of hydrogen-bond donors (Lipinski definition) is 1. The van der Waals surface area contributed by atoms with Crippen molar-refractivity contribution in [2.45, 2.75) is 25.8 Å². The van der Waals surface area contributed by atoms with Crippen LogP contribution >= 0.6 is 15.9 Å². The lowest BCUT2D eigenvalue weighted by Crippen LogP contribution is -2.58. The zero-order valence-electron chi connectivity index (χ0n) is 9.46. The third-order valence-corrected chi connectivity index (χ3v) is 3.38. The van der Waals surface area contributed by atoms with E-state index in [1.165, 1.54) is 0 Å². The van der Waals surface area contributed by atoms with Gasteiger partial charge in [-0.15, -0.1) is 0 Å². The lowest BCUT2D eigenvalue weighted by Gasteiger charge is -2.42. The summed E-state index contributed by atoms with van der Waals surface area (Å²) in [6.07, 6.45) is 0.950. The first-order valence-corrected chi connectivity index (χ1v) is 6.14. The summed E-state index contributed by atoms with van der Waals surface area (Å²) < 4.78 is 0.985. The van der Waals surface area contributed by atoms with Crippen molar-refractivity contribution in [2.75, 3.05) is 11.4 Å². The van der Waals surface area contributed by atoms with Crippen molar-refractivity contribution in [3.63, 3.8) is 0 Å². The maximum Gasteiger partial charge on any atom is 0.322 e. The van der Waals surface area contributed by atoms with Gasteiger partial charge in [-0.3, -0.25) is 4.90 Å². The van der Waals surface area contributed by atoms with Crippen molar-refractivity contribution >= 4 is 27.6 Å². The van der Waals surface area contributed by atoms with Gasteiger partial charge in [0.1, 0.15) is 0 Å². The SMILES string of the molecule is CC1(C)CCNC(=O)N1c1cccc(Br)c1. The molecule has 1 aliphatic rings. The Morgan fingerprint density at radius 2 is 2.19 bits per heavy atom. The second kappa shape index (κ2) is 4.09. The van der Waals surface area contributed by atoms with Gasteiger partial charge in [0.2, 0.25) is 0 Å². The van der Waals surface area contributed by atoms with Gasteiger partial charge in [-0.25, -0.2) is 4.79 Å². The summed E-state index contributed by atoms with van der Waals surface area (Å²) in [4.78, 5) is 13.7. The molecule has 0 unspecified atom stereocenters. The molecule has 0 aromatic heterocycles. The molecule has 3 nitrogen and oxygen atoms in total. The van der Waals surface area contributed by atoms with E-state index in [1.54, 1.807) is 0 Å². The molecule has 1 fully saturated rings. The second-order valence-electron chi connectivity index (χ2n) is 4.61. The maximum absolute atomic E-state index is 11.9. The summed E-state index contributed by atoms with van der Waals surface area (Å²) >= 11 is 3.43. The van der Waals surface area contributed by atoms with Gasteiger partial charge in [0, 0.05) is 22.2 Å². The van der Waals surface area contributed by atoms with Crippen LogP contribution in [0.5, 0.6) is 0 Å². The Hall–Kier alpha value is -1.03. The molecular weight excluding hydrogens is 268 g/mol. The van der Waals surface area contributed by atoms with Gasteiger partial charge >= 0.3 is 6.03 Å². The molecular formula is C12H15BrN2O. The molecule has 2 amide bonds. The van der Waals surface area contributed by atoms with Crippen LogP contribution in [0.15, 0.2) is 28.7 Å². The van der Waals surface area contributed by atoms with Gasteiger partial charge in [0.15, 0.2) is 0 Å². The van der Waals surface area contributed by atoms with Crippen molar-refractivity contribution in [1.29, 1.82) is 0 Å². The topological polar surface area (TPSA) is 32.3 Å². The number of halogens is 1. The maximum atomic E-state index is 11.9. The summed E-state index contributed by atoms with van der Waals surface area (Å²) in [6, 6.07) is 7.80. The van der Waals surface area contributed by atoms with Crippen molar-refractivity contribution in [3.8, 4) is 0 Å². The number of amides is 2. The highest BCUT2D eigenvalue weighted by Crippen LogP contribution is 2.30. The molecule has 0 saturated carbocycles. The van der Waals surface area contributed by atoms with E-state index in [9.17, 15) is 4.79 Å². The summed E-state index contributed by atoms with van der Waals surface area (Å²) in [5, 5.41) is 2.88. The predicted octanol–water partition coefficient (Wildman–Crippen LogP) is 3.15. The molecule has 1 saturated heterocycles. The van der Waals surface area contributed by atoms with Crippen molar-refractivity contribution < 1.29 is 4.79 Å². The van der Waals surface area contributed by atoms with E-state index >= 15 is 0 Å². The van der Waals surface area contributed by atoms with E-state index in [1.807, 2.05) is 29.2 Å². The summed E-state index contributed by atoms with van der Waals surface area (Å²) in [5.41, 5.74) is 0.792. The molecule has 0 bridgehead atoms. The molecule has 1 heterocycles. The molecule has 4 heteroatoms. The molecule has 0 aliphatic carbocycles. The first-order valence-electron chi connectivity index (χ1n) is 5.34. The van der Waals surface area contributed by atoms with Gasteiger partial charge in [-0.1, -0.05) is 22.0 Å². The minimum absolute atomic E-state index is 0.0191. The monoisotopic (exact) mass is 282 g/mol. The molecule has 16 heavy (non-hydrogen) atoms. The Morgan fingerprint density at radius 3 is 2.81 bits per heavy atom. The Labute approximate surface area is 104 Å². The lowest BCUT2D eigenvalue weighted by atomic mass is 9.95. The van der Waals surface area contributed by atoms with Crippen LogP contribution < -0.4 is 10.2 Å². The van der Waals surface area contributed by atoms with Crippen LogP contribution in [-0.2, 0) is 0 Å². The number of carbonyl (C=O) groups excluding carboxylic acids is 1. The third kappa shape index (κ3) is 2.07. The Kier molecular flexibility index (Phi) is 2.93. The average molecular weight is 283 g/mol. The van der Waals surface area contributed by atoms with E-state index in [2.05, 4.69) is 35.1 Å². The molecule has 1 aromatic carbocycles. The van der Waals surface area contributed by atoms with Gasteiger partial charge in [-0.05, 0) is 38.5 Å². The fourth-order valence-corrected chi connectivity index (χ4v) is 2.41.